The van der Waals surface area contributed by atoms with Gasteiger partial charge in [0.2, 0.25) is 5.91 Å². The summed E-state index contributed by atoms with van der Waals surface area (Å²) in [7, 11) is 0. The molecule has 0 N–H and O–H groups in total. The van der Waals surface area contributed by atoms with E-state index in [0.29, 0.717) is 32.0 Å². The van der Waals surface area contributed by atoms with Crippen LogP contribution >= 0.6 is 0 Å². The summed E-state index contributed by atoms with van der Waals surface area (Å²) in [6.07, 6.45) is 7.87. The van der Waals surface area contributed by atoms with Crippen LogP contribution < -0.4 is 4.90 Å². The third-order valence-electron chi connectivity index (χ3n) is 6.82. The third-order valence-corrected chi connectivity index (χ3v) is 6.82. The zero-order valence-corrected chi connectivity index (χ0v) is 15.7. The molecular weight excluding hydrogens is 355 g/mol. The van der Waals surface area contributed by atoms with Gasteiger partial charge in [0, 0.05) is 31.2 Å². The first-order valence-corrected chi connectivity index (χ1v) is 10.00. The largest absolute Gasteiger partial charge is 0.354 e. The quantitative estimate of drug-likeness (QED) is 0.728. The fourth-order valence-electron chi connectivity index (χ4n) is 5.02. The normalized spacial score (nSPS) is 23.5. The minimum absolute atomic E-state index is 0.143. The molecule has 1 aliphatic carbocycles. The van der Waals surface area contributed by atoms with Crippen LogP contribution in [0.4, 0.5) is 19.0 Å². The van der Waals surface area contributed by atoms with Crippen molar-refractivity contribution in [2.75, 3.05) is 24.5 Å². The topological polar surface area (TPSA) is 36.4 Å². The van der Waals surface area contributed by atoms with E-state index in [9.17, 15) is 18.0 Å². The first-order valence-electron chi connectivity index (χ1n) is 10.00. The number of piperidine rings is 1. The van der Waals surface area contributed by atoms with Crippen LogP contribution in [0.15, 0.2) is 0 Å². The molecule has 0 atom stereocenters. The van der Waals surface area contributed by atoms with Crippen molar-refractivity contribution in [2.24, 2.45) is 5.41 Å². The van der Waals surface area contributed by atoms with Crippen molar-refractivity contribution in [3.05, 3.63) is 23.1 Å². The molecule has 27 heavy (non-hydrogen) atoms. The molecule has 2 aliphatic heterocycles. The molecule has 0 bridgehead atoms. The molecule has 4 rings (SSSR count). The summed E-state index contributed by atoms with van der Waals surface area (Å²) in [5.74, 6) is -3.23. The summed E-state index contributed by atoms with van der Waals surface area (Å²) in [4.78, 5) is 20.4. The van der Waals surface area contributed by atoms with E-state index in [1.165, 1.54) is 26.2 Å². The standard InChI is InChI=1S/C20H26F3N3O/c1-13-15(21)17(23)24-18(16(13)22)25-10-7-20(8-11-25)9-12-26(19(20)27)14-5-3-2-4-6-14/h14H,2-12H2,1H3. The lowest BCUT2D eigenvalue weighted by atomic mass is 9.77. The second-order valence-electron chi connectivity index (χ2n) is 8.29. The van der Waals surface area contributed by atoms with E-state index >= 15 is 0 Å². The van der Waals surface area contributed by atoms with Gasteiger partial charge in [0.25, 0.3) is 5.95 Å². The molecule has 0 aromatic carbocycles. The molecule has 0 radical (unpaired) electrons. The van der Waals surface area contributed by atoms with Gasteiger partial charge in [-0.3, -0.25) is 4.79 Å². The molecule has 1 saturated carbocycles. The van der Waals surface area contributed by atoms with Crippen molar-refractivity contribution in [1.29, 1.82) is 0 Å². The van der Waals surface area contributed by atoms with Crippen LogP contribution in [0.5, 0.6) is 0 Å². The number of aromatic nitrogens is 1. The van der Waals surface area contributed by atoms with E-state index in [-0.39, 0.29) is 22.7 Å². The first kappa shape index (κ1) is 18.6. The van der Waals surface area contributed by atoms with Crippen molar-refractivity contribution < 1.29 is 18.0 Å². The predicted molar refractivity (Wildman–Crippen MR) is 95.9 cm³/mol. The van der Waals surface area contributed by atoms with E-state index < -0.39 is 17.6 Å². The third kappa shape index (κ3) is 3.09. The van der Waals surface area contributed by atoms with Crippen LogP contribution in [-0.4, -0.2) is 41.5 Å². The van der Waals surface area contributed by atoms with Crippen molar-refractivity contribution in [3.63, 3.8) is 0 Å². The number of amides is 1. The second-order valence-corrected chi connectivity index (χ2v) is 8.29. The lowest BCUT2D eigenvalue weighted by Crippen LogP contribution is -2.47. The van der Waals surface area contributed by atoms with Gasteiger partial charge in [-0.05, 0) is 39.0 Å². The summed E-state index contributed by atoms with van der Waals surface area (Å²) in [5.41, 5.74) is -0.726. The van der Waals surface area contributed by atoms with E-state index in [1.807, 2.05) is 0 Å². The van der Waals surface area contributed by atoms with Gasteiger partial charge in [0.1, 0.15) is 0 Å². The van der Waals surface area contributed by atoms with Gasteiger partial charge in [0.15, 0.2) is 17.5 Å². The molecule has 3 heterocycles. The maximum Gasteiger partial charge on any atom is 0.251 e. The number of nitrogens with zero attached hydrogens (tertiary/aromatic N) is 3. The Labute approximate surface area is 157 Å². The van der Waals surface area contributed by atoms with Gasteiger partial charge in [0.05, 0.1) is 5.41 Å². The van der Waals surface area contributed by atoms with Crippen LogP contribution in [0.25, 0.3) is 0 Å². The highest BCUT2D eigenvalue weighted by Crippen LogP contribution is 2.44. The number of likely N-dealkylation sites (tertiary alicyclic amines) is 1. The number of halogens is 3. The Hall–Kier alpha value is -1.79. The van der Waals surface area contributed by atoms with E-state index in [1.54, 1.807) is 4.90 Å². The van der Waals surface area contributed by atoms with Crippen molar-refractivity contribution in [2.45, 2.75) is 64.3 Å². The second kappa shape index (κ2) is 6.99. The van der Waals surface area contributed by atoms with Gasteiger partial charge in [-0.1, -0.05) is 19.3 Å². The van der Waals surface area contributed by atoms with Crippen LogP contribution in [0.2, 0.25) is 0 Å². The first-order chi connectivity index (χ1) is 12.9. The Morgan fingerprint density at radius 1 is 0.963 bits per heavy atom. The van der Waals surface area contributed by atoms with Crippen LogP contribution in [0, 0.1) is 29.9 Å². The van der Waals surface area contributed by atoms with Crippen molar-refractivity contribution in [1.82, 2.24) is 9.88 Å². The van der Waals surface area contributed by atoms with Gasteiger partial charge < -0.3 is 9.80 Å². The highest BCUT2D eigenvalue weighted by atomic mass is 19.2. The Kier molecular flexibility index (Phi) is 4.80. The monoisotopic (exact) mass is 381 g/mol. The van der Waals surface area contributed by atoms with Crippen molar-refractivity contribution >= 4 is 11.7 Å². The minimum Gasteiger partial charge on any atom is -0.354 e. The fraction of sp³-hybridized carbons (Fsp3) is 0.700. The fourth-order valence-corrected chi connectivity index (χ4v) is 5.02. The number of carbonyl (C=O) groups is 1. The molecule has 1 aromatic heterocycles. The highest BCUT2D eigenvalue weighted by Gasteiger charge is 2.50. The molecule has 7 heteroatoms. The lowest BCUT2D eigenvalue weighted by molar-refractivity contribution is -0.139. The van der Waals surface area contributed by atoms with Gasteiger partial charge in [-0.15, -0.1) is 0 Å². The lowest BCUT2D eigenvalue weighted by Gasteiger charge is -2.39. The van der Waals surface area contributed by atoms with Crippen molar-refractivity contribution in [3.8, 4) is 0 Å². The Morgan fingerprint density at radius 2 is 1.59 bits per heavy atom. The molecule has 3 fully saturated rings. The summed E-state index contributed by atoms with van der Waals surface area (Å²) < 4.78 is 41.5. The number of pyridine rings is 1. The number of anilines is 1. The average Bonchev–Trinajstić information content (AvgIpc) is 3.01. The van der Waals surface area contributed by atoms with Crippen LogP contribution in [0.1, 0.15) is 56.9 Å². The zero-order valence-electron chi connectivity index (χ0n) is 15.7. The molecule has 1 aromatic rings. The van der Waals surface area contributed by atoms with E-state index in [0.717, 1.165) is 25.8 Å². The minimum atomic E-state index is -1.27. The molecule has 2 saturated heterocycles. The number of hydrogen-bond donors (Lipinski definition) is 0. The molecule has 3 aliphatic rings. The number of carbonyl (C=O) groups excluding carboxylic acids is 1. The molecule has 1 amide bonds. The predicted octanol–water partition coefficient (Wildman–Crippen LogP) is 3.96. The number of rotatable bonds is 2. The van der Waals surface area contributed by atoms with Crippen LogP contribution in [0.3, 0.4) is 0 Å². The number of hydrogen-bond acceptors (Lipinski definition) is 3. The molecule has 1 spiro atoms. The van der Waals surface area contributed by atoms with Gasteiger partial charge >= 0.3 is 0 Å². The summed E-state index contributed by atoms with van der Waals surface area (Å²) >= 11 is 0. The van der Waals surface area contributed by atoms with E-state index in [2.05, 4.69) is 9.88 Å². The van der Waals surface area contributed by atoms with Gasteiger partial charge in [-0.25, -0.2) is 8.78 Å². The summed E-state index contributed by atoms with van der Waals surface area (Å²) in [6, 6.07) is 0.372. The summed E-state index contributed by atoms with van der Waals surface area (Å²) in [6.45, 7) is 2.88. The maximum atomic E-state index is 14.4. The Bertz CT molecular complexity index is 740. The van der Waals surface area contributed by atoms with Crippen LogP contribution in [-0.2, 0) is 4.79 Å². The Balaban J connectivity index is 1.47. The molecule has 4 nitrogen and oxygen atoms in total. The van der Waals surface area contributed by atoms with Gasteiger partial charge in [-0.2, -0.15) is 9.37 Å². The maximum absolute atomic E-state index is 14.4. The molecule has 0 unspecified atom stereocenters. The highest BCUT2D eigenvalue weighted by molar-refractivity contribution is 5.85. The smallest absolute Gasteiger partial charge is 0.251 e. The average molecular weight is 381 g/mol. The molecule has 148 valence electrons. The zero-order chi connectivity index (χ0) is 19.2. The Morgan fingerprint density at radius 3 is 2.26 bits per heavy atom. The SMILES string of the molecule is Cc1c(F)c(F)nc(N2CCC3(CC2)CCN(C2CCCCC2)C3=O)c1F. The van der Waals surface area contributed by atoms with E-state index in [4.69, 9.17) is 0 Å². The summed E-state index contributed by atoms with van der Waals surface area (Å²) in [5, 5.41) is 0. The molecular formula is C20H26F3N3O.